The van der Waals surface area contributed by atoms with E-state index >= 15 is 0 Å². The summed E-state index contributed by atoms with van der Waals surface area (Å²) in [4.78, 5) is 25.8. The highest BCUT2D eigenvalue weighted by Crippen LogP contribution is 2.37. The Morgan fingerprint density at radius 2 is 2.10 bits per heavy atom. The third kappa shape index (κ3) is 2.33. The van der Waals surface area contributed by atoms with Crippen molar-refractivity contribution in [2.75, 3.05) is 18.6 Å². The molecule has 1 heterocycles. The number of methoxy groups -OCH3 is 1. The molecule has 106 valence electrons. The zero-order valence-electron chi connectivity index (χ0n) is 11.1. The van der Waals surface area contributed by atoms with Gasteiger partial charge < -0.3 is 10.1 Å². The number of nitrogens with zero attached hydrogens (tertiary/aromatic N) is 1. The van der Waals surface area contributed by atoms with Crippen LogP contribution in [0.5, 0.6) is 5.75 Å². The van der Waals surface area contributed by atoms with Crippen molar-refractivity contribution in [2.24, 2.45) is 5.92 Å². The fraction of sp³-hybridized carbons (Fsp3) is 0.429. The highest BCUT2D eigenvalue weighted by molar-refractivity contribution is 6.34. The molecule has 2 fully saturated rings. The third-order valence-electron chi connectivity index (χ3n) is 3.69. The van der Waals surface area contributed by atoms with Crippen LogP contribution < -0.4 is 15.0 Å². The Morgan fingerprint density at radius 1 is 1.35 bits per heavy atom. The maximum Gasteiger partial charge on any atom is 0.250 e. The average molecular weight is 295 g/mol. The second-order valence-electron chi connectivity index (χ2n) is 5.12. The number of ether oxygens (including phenoxy) is 1. The lowest BCUT2D eigenvalue weighted by atomic mass is 10.1. The van der Waals surface area contributed by atoms with Crippen molar-refractivity contribution in [3.63, 3.8) is 0 Å². The number of carbonyl (C=O) groups is 2. The number of nitrogens with one attached hydrogen (secondary N) is 1. The zero-order chi connectivity index (χ0) is 14.3. The number of piperazine rings is 1. The minimum absolute atomic E-state index is 0.00502. The molecule has 0 aromatic heterocycles. The van der Waals surface area contributed by atoms with Crippen molar-refractivity contribution in [1.82, 2.24) is 5.32 Å². The van der Waals surface area contributed by atoms with Gasteiger partial charge in [-0.1, -0.05) is 11.6 Å². The van der Waals surface area contributed by atoms with E-state index in [1.165, 1.54) is 4.90 Å². The fourth-order valence-electron chi connectivity index (χ4n) is 2.45. The SMILES string of the molecule is COc1ccc(Cl)c(N2CC(=O)NC(C3CC3)C2=O)c1. The monoisotopic (exact) mass is 294 g/mol. The largest absolute Gasteiger partial charge is 0.497 e. The number of hydrogen-bond donors (Lipinski definition) is 1. The lowest BCUT2D eigenvalue weighted by molar-refractivity contribution is -0.131. The van der Waals surface area contributed by atoms with Gasteiger partial charge in [0.05, 0.1) is 17.8 Å². The van der Waals surface area contributed by atoms with Crippen molar-refractivity contribution >= 4 is 29.1 Å². The van der Waals surface area contributed by atoms with Crippen LogP contribution in [0.3, 0.4) is 0 Å². The van der Waals surface area contributed by atoms with E-state index in [1.54, 1.807) is 25.3 Å². The number of carbonyl (C=O) groups excluding carboxylic acids is 2. The maximum atomic E-state index is 12.5. The van der Waals surface area contributed by atoms with Gasteiger partial charge >= 0.3 is 0 Å². The predicted molar refractivity (Wildman–Crippen MR) is 75.0 cm³/mol. The van der Waals surface area contributed by atoms with Crippen LogP contribution in [0.2, 0.25) is 5.02 Å². The lowest BCUT2D eigenvalue weighted by Crippen LogP contribution is -2.59. The second-order valence-corrected chi connectivity index (χ2v) is 5.53. The Morgan fingerprint density at radius 3 is 2.75 bits per heavy atom. The molecule has 1 aromatic rings. The first-order valence-electron chi connectivity index (χ1n) is 6.54. The van der Waals surface area contributed by atoms with E-state index in [0.717, 1.165) is 12.8 Å². The highest BCUT2D eigenvalue weighted by Gasteiger charge is 2.43. The normalized spacial score (nSPS) is 22.7. The summed E-state index contributed by atoms with van der Waals surface area (Å²) in [6, 6.07) is 4.65. The molecule has 0 radical (unpaired) electrons. The molecule has 5 nitrogen and oxygen atoms in total. The minimum atomic E-state index is -0.418. The Balaban J connectivity index is 1.94. The molecule has 6 heteroatoms. The van der Waals surface area contributed by atoms with Gasteiger partial charge in [0.2, 0.25) is 11.8 Å². The first-order chi connectivity index (χ1) is 9.60. The summed E-state index contributed by atoms with van der Waals surface area (Å²) in [5.41, 5.74) is 0.525. The standard InChI is InChI=1S/C14H15ClN2O3/c1-20-9-4-5-10(15)11(6-9)17-7-12(18)16-13(14(17)19)8-2-3-8/h4-6,8,13H,2-3,7H2,1H3,(H,16,18). The van der Waals surface area contributed by atoms with E-state index in [2.05, 4.69) is 5.32 Å². The molecular formula is C14H15ClN2O3. The summed E-state index contributed by atoms with van der Waals surface area (Å²) in [5, 5.41) is 3.21. The molecule has 1 aromatic carbocycles. The molecule has 1 aliphatic carbocycles. The van der Waals surface area contributed by atoms with Crippen LogP contribution in [0.4, 0.5) is 5.69 Å². The van der Waals surface area contributed by atoms with E-state index in [-0.39, 0.29) is 24.3 Å². The van der Waals surface area contributed by atoms with E-state index in [9.17, 15) is 9.59 Å². The molecule has 1 N–H and O–H groups in total. The van der Waals surface area contributed by atoms with Crippen LogP contribution in [-0.4, -0.2) is 31.5 Å². The molecule has 0 bridgehead atoms. The number of amides is 2. The molecule has 1 saturated carbocycles. The van der Waals surface area contributed by atoms with E-state index in [0.29, 0.717) is 16.5 Å². The molecular weight excluding hydrogens is 280 g/mol. The molecule has 1 unspecified atom stereocenters. The lowest BCUT2D eigenvalue weighted by Gasteiger charge is -2.33. The molecule has 1 aliphatic heterocycles. The van der Waals surface area contributed by atoms with Gasteiger partial charge in [-0.3, -0.25) is 14.5 Å². The van der Waals surface area contributed by atoms with Crippen LogP contribution in [0, 0.1) is 5.92 Å². The number of hydrogen-bond acceptors (Lipinski definition) is 3. The van der Waals surface area contributed by atoms with Crippen LogP contribution in [-0.2, 0) is 9.59 Å². The van der Waals surface area contributed by atoms with Gasteiger partial charge in [-0.2, -0.15) is 0 Å². The predicted octanol–water partition coefficient (Wildman–Crippen LogP) is 1.59. The summed E-state index contributed by atoms with van der Waals surface area (Å²) in [7, 11) is 1.55. The van der Waals surface area contributed by atoms with Crippen LogP contribution >= 0.6 is 11.6 Å². The van der Waals surface area contributed by atoms with Crippen molar-refractivity contribution in [3.05, 3.63) is 23.2 Å². The number of benzene rings is 1. The number of rotatable bonds is 3. The molecule has 3 rings (SSSR count). The van der Waals surface area contributed by atoms with Gasteiger partial charge in [-0.15, -0.1) is 0 Å². The van der Waals surface area contributed by atoms with E-state index in [1.807, 2.05) is 0 Å². The van der Waals surface area contributed by atoms with Crippen molar-refractivity contribution in [2.45, 2.75) is 18.9 Å². The Kier molecular flexibility index (Phi) is 3.30. The van der Waals surface area contributed by atoms with Gasteiger partial charge in [-0.05, 0) is 30.9 Å². The van der Waals surface area contributed by atoms with Gasteiger partial charge in [0.1, 0.15) is 18.3 Å². The van der Waals surface area contributed by atoms with Gasteiger partial charge in [0.25, 0.3) is 0 Å². The van der Waals surface area contributed by atoms with Crippen molar-refractivity contribution in [1.29, 1.82) is 0 Å². The number of halogens is 1. The van der Waals surface area contributed by atoms with E-state index < -0.39 is 6.04 Å². The Bertz CT molecular complexity index is 572. The topological polar surface area (TPSA) is 58.6 Å². The molecule has 1 saturated heterocycles. The minimum Gasteiger partial charge on any atom is -0.497 e. The Hall–Kier alpha value is -1.75. The maximum absolute atomic E-state index is 12.5. The zero-order valence-corrected chi connectivity index (χ0v) is 11.8. The van der Waals surface area contributed by atoms with Crippen LogP contribution in [0.1, 0.15) is 12.8 Å². The van der Waals surface area contributed by atoms with Crippen LogP contribution in [0.15, 0.2) is 18.2 Å². The molecule has 20 heavy (non-hydrogen) atoms. The first-order valence-corrected chi connectivity index (χ1v) is 6.92. The summed E-state index contributed by atoms with van der Waals surface area (Å²) >= 11 is 6.16. The van der Waals surface area contributed by atoms with Crippen molar-refractivity contribution in [3.8, 4) is 5.75 Å². The van der Waals surface area contributed by atoms with E-state index in [4.69, 9.17) is 16.3 Å². The smallest absolute Gasteiger partial charge is 0.250 e. The summed E-state index contributed by atoms with van der Waals surface area (Å²) < 4.78 is 5.15. The summed E-state index contributed by atoms with van der Waals surface area (Å²) in [5.74, 6) is 0.618. The highest BCUT2D eigenvalue weighted by atomic mass is 35.5. The number of anilines is 1. The van der Waals surface area contributed by atoms with Gasteiger partial charge in [0.15, 0.2) is 0 Å². The fourth-order valence-corrected chi connectivity index (χ4v) is 2.67. The molecule has 2 aliphatic rings. The average Bonchev–Trinajstić information content (AvgIpc) is 3.26. The molecule has 1 atom stereocenters. The first kappa shape index (κ1) is 13.2. The van der Waals surface area contributed by atoms with Gasteiger partial charge in [-0.25, -0.2) is 0 Å². The second kappa shape index (κ2) is 4.98. The van der Waals surface area contributed by atoms with Crippen LogP contribution in [0.25, 0.3) is 0 Å². The summed E-state index contributed by atoms with van der Waals surface area (Å²) in [6.07, 6.45) is 1.97. The Labute approximate surface area is 121 Å². The quantitative estimate of drug-likeness (QED) is 0.921. The molecule has 0 spiro atoms. The van der Waals surface area contributed by atoms with Gasteiger partial charge in [0, 0.05) is 6.07 Å². The molecule has 2 amide bonds. The van der Waals surface area contributed by atoms with Crippen molar-refractivity contribution < 1.29 is 14.3 Å². The third-order valence-corrected chi connectivity index (χ3v) is 4.01. The summed E-state index contributed by atoms with van der Waals surface area (Å²) in [6.45, 7) is -0.00502.